The number of carbonyl (C=O) groups is 1. The maximum atomic E-state index is 12.4. The molecule has 1 aliphatic rings. The molecule has 1 amide bonds. The average molecular weight is 482 g/mol. The summed E-state index contributed by atoms with van der Waals surface area (Å²) in [6.45, 7) is 25.2. The number of nitrogens with two attached hydrogens (primary N) is 1. The van der Waals surface area contributed by atoms with Crippen molar-refractivity contribution in [3.8, 4) is 0 Å². The molecule has 0 aliphatic carbocycles. The van der Waals surface area contributed by atoms with Crippen molar-refractivity contribution in [3.63, 3.8) is 0 Å². The van der Waals surface area contributed by atoms with Gasteiger partial charge in [0.1, 0.15) is 18.3 Å². The smallest absolute Gasteiger partial charge is 0.249 e. The summed E-state index contributed by atoms with van der Waals surface area (Å²) >= 11 is 0. The zero-order chi connectivity index (χ0) is 23.0. The molecular weight excluding hydrogens is 439 g/mol. The minimum atomic E-state index is -2.04. The Morgan fingerprint density at radius 2 is 0.966 bits per heavy atom. The van der Waals surface area contributed by atoms with Gasteiger partial charge in [-0.05, 0) is 78.6 Å². The number of rotatable bonds is 9. The van der Waals surface area contributed by atoms with Gasteiger partial charge in [-0.25, -0.2) is 0 Å². The molecule has 7 nitrogen and oxygen atoms in total. The number of primary amides is 1. The molecule has 0 spiro atoms. The van der Waals surface area contributed by atoms with Crippen LogP contribution >= 0.6 is 0 Å². The van der Waals surface area contributed by atoms with E-state index in [-0.39, 0.29) is 0 Å². The molecule has 172 valence electrons. The van der Waals surface area contributed by atoms with Crippen molar-refractivity contribution in [1.82, 2.24) is 0 Å². The molecule has 29 heavy (non-hydrogen) atoms. The minimum Gasteiger partial charge on any atom is -0.409 e. The largest absolute Gasteiger partial charge is 0.409 e. The number of hydrogen-bond donors (Lipinski definition) is 1. The van der Waals surface area contributed by atoms with Gasteiger partial charge in [-0.3, -0.25) is 4.79 Å². The normalized spacial score (nSPS) is 29.7. The van der Waals surface area contributed by atoms with Crippen molar-refractivity contribution in [2.24, 2.45) is 5.73 Å². The number of hydrogen-bond acceptors (Lipinski definition) is 6. The maximum absolute atomic E-state index is 12.4. The van der Waals surface area contributed by atoms with Gasteiger partial charge in [0.25, 0.3) is 0 Å². The van der Waals surface area contributed by atoms with Crippen molar-refractivity contribution in [3.05, 3.63) is 0 Å². The molecule has 11 heteroatoms. The highest BCUT2D eigenvalue weighted by molar-refractivity contribution is 6.71. The fraction of sp³-hybridized carbons (Fsp3) is 0.944. The molecule has 0 saturated carbocycles. The molecule has 0 bridgehead atoms. The van der Waals surface area contributed by atoms with Crippen molar-refractivity contribution in [2.75, 3.05) is 0 Å². The van der Waals surface area contributed by atoms with Gasteiger partial charge in [0.05, 0.1) is 0 Å². The molecule has 1 heterocycles. The zero-order valence-electron chi connectivity index (χ0n) is 20.4. The van der Waals surface area contributed by atoms with E-state index in [1.165, 1.54) is 0 Å². The predicted octanol–water partition coefficient (Wildman–Crippen LogP) is 3.71. The van der Waals surface area contributed by atoms with Crippen LogP contribution < -0.4 is 5.73 Å². The Morgan fingerprint density at radius 3 is 1.31 bits per heavy atom. The van der Waals surface area contributed by atoms with E-state index < -0.39 is 69.9 Å². The minimum absolute atomic E-state index is 0.475. The van der Waals surface area contributed by atoms with Crippen LogP contribution in [0, 0.1) is 0 Å². The van der Waals surface area contributed by atoms with Crippen molar-refractivity contribution >= 4 is 39.2 Å². The molecule has 1 fully saturated rings. The first-order chi connectivity index (χ1) is 12.7. The van der Waals surface area contributed by atoms with Crippen LogP contribution in [-0.4, -0.2) is 69.9 Å². The summed E-state index contributed by atoms with van der Waals surface area (Å²) in [5.41, 5.74) is 5.75. The molecule has 0 aromatic heterocycles. The number of amides is 1. The molecule has 5 atom stereocenters. The summed E-state index contributed by atoms with van der Waals surface area (Å²) in [4.78, 5) is 12.4. The van der Waals surface area contributed by atoms with Crippen LogP contribution in [0.25, 0.3) is 0 Å². The average Bonchev–Trinajstić information content (AvgIpc) is 2.39. The second kappa shape index (κ2) is 9.33. The lowest BCUT2D eigenvalue weighted by atomic mass is 9.98. The van der Waals surface area contributed by atoms with E-state index in [1.54, 1.807) is 0 Å². The van der Waals surface area contributed by atoms with Crippen LogP contribution in [0.5, 0.6) is 0 Å². The Balaban J connectivity index is 3.50. The Labute approximate surface area is 181 Å². The van der Waals surface area contributed by atoms with E-state index >= 15 is 0 Å². The lowest BCUT2D eigenvalue weighted by molar-refractivity contribution is -0.257. The van der Waals surface area contributed by atoms with Crippen LogP contribution in [0.3, 0.4) is 0 Å². The molecule has 2 N–H and O–H groups in total. The highest BCUT2D eigenvalue weighted by Crippen LogP contribution is 2.35. The van der Waals surface area contributed by atoms with Gasteiger partial charge in [0, 0.05) is 0 Å². The zero-order valence-corrected chi connectivity index (χ0v) is 24.4. The highest BCUT2D eigenvalue weighted by atomic mass is 28.4. The molecule has 1 saturated heterocycles. The topological polar surface area (TPSA) is 89.2 Å². The monoisotopic (exact) mass is 481 g/mol. The predicted molar refractivity (Wildman–Crippen MR) is 127 cm³/mol. The van der Waals surface area contributed by atoms with Gasteiger partial charge in [-0.1, -0.05) is 0 Å². The summed E-state index contributed by atoms with van der Waals surface area (Å²) < 4.78 is 32.1. The summed E-state index contributed by atoms with van der Waals surface area (Å²) in [5, 5.41) is 0. The first-order valence-corrected chi connectivity index (χ1v) is 24.0. The van der Waals surface area contributed by atoms with E-state index in [2.05, 4.69) is 78.6 Å². The van der Waals surface area contributed by atoms with E-state index in [4.69, 9.17) is 28.2 Å². The summed E-state index contributed by atoms with van der Waals surface area (Å²) in [6, 6.07) is 0. The van der Waals surface area contributed by atoms with Gasteiger partial charge in [0.2, 0.25) is 5.91 Å². The first-order valence-electron chi connectivity index (χ1n) is 10.3. The summed E-state index contributed by atoms with van der Waals surface area (Å²) in [7, 11) is -8.04. The van der Waals surface area contributed by atoms with Crippen molar-refractivity contribution < 1.29 is 27.2 Å². The maximum Gasteiger partial charge on any atom is 0.249 e. The van der Waals surface area contributed by atoms with Gasteiger partial charge in [-0.15, -0.1) is 0 Å². The van der Waals surface area contributed by atoms with Crippen LogP contribution in [0.4, 0.5) is 0 Å². The molecule has 0 aromatic carbocycles. The molecule has 0 radical (unpaired) electrons. The lowest BCUT2D eigenvalue weighted by Gasteiger charge is -2.50. The van der Waals surface area contributed by atoms with E-state index in [0.717, 1.165) is 0 Å². The summed E-state index contributed by atoms with van der Waals surface area (Å²) in [6.07, 6.45) is -3.22. The van der Waals surface area contributed by atoms with Crippen molar-refractivity contribution in [1.29, 1.82) is 0 Å². The van der Waals surface area contributed by atoms with Gasteiger partial charge in [0.15, 0.2) is 45.7 Å². The second-order valence-corrected chi connectivity index (χ2v) is 29.5. The van der Waals surface area contributed by atoms with Crippen LogP contribution in [-0.2, 0) is 27.2 Å². The third kappa shape index (κ3) is 9.87. The molecular formula is C18H43NO6Si4. The van der Waals surface area contributed by atoms with Gasteiger partial charge >= 0.3 is 0 Å². The van der Waals surface area contributed by atoms with Crippen molar-refractivity contribution in [2.45, 2.75) is 109 Å². The molecule has 1 aliphatic heterocycles. The Kier molecular flexibility index (Phi) is 8.74. The first kappa shape index (κ1) is 27.2. The van der Waals surface area contributed by atoms with E-state index in [1.807, 2.05) is 0 Å². The molecule has 1 rings (SSSR count). The SMILES string of the molecule is C[Si](C)(C)O[C@@H]1O[C@H](C(N)=O)[C@@H](O[Si](C)(C)C)[C@H](O[Si](C)(C)C)[C@H]1O[Si](C)(C)C. The fourth-order valence-electron chi connectivity index (χ4n) is 3.10. The number of carbonyl (C=O) groups excluding carboxylic acids is 1. The Morgan fingerprint density at radius 1 is 0.621 bits per heavy atom. The number of ether oxygens (including phenoxy) is 1. The second-order valence-electron chi connectivity index (χ2n) is 11.6. The quantitative estimate of drug-likeness (QED) is 0.505. The Bertz CT molecular complexity index is 565. The Hall–Kier alpha value is 0.138. The van der Waals surface area contributed by atoms with E-state index in [0.29, 0.717) is 0 Å². The fourth-order valence-corrected chi connectivity index (χ4v) is 7.20. The van der Waals surface area contributed by atoms with Gasteiger partial charge < -0.3 is 28.2 Å². The van der Waals surface area contributed by atoms with Gasteiger partial charge in [-0.2, -0.15) is 0 Å². The van der Waals surface area contributed by atoms with Crippen LogP contribution in [0.15, 0.2) is 0 Å². The van der Waals surface area contributed by atoms with Crippen LogP contribution in [0.1, 0.15) is 0 Å². The summed E-state index contributed by atoms with van der Waals surface area (Å²) in [5.74, 6) is -0.562. The third-order valence-corrected chi connectivity index (χ3v) is 7.59. The standard InChI is InChI=1S/C18H43NO6Si4/c1-26(2,3)22-13-14(23-27(4,5)6)16(24-28(7,8)9)18(25-29(10,11)12)21-15(13)17(19)20/h13-16,18H,1-12H3,(H2,19,20)/t13-,14-,15-,16+,18-/m0/s1. The third-order valence-electron chi connectivity index (χ3n) is 3.71. The lowest BCUT2D eigenvalue weighted by Crippen LogP contribution is -2.68. The van der Waals surface area contributed by atoms with Crippen LogP contribution in [0.2, 0.25) is 78.6 Å². The highest BCUT2D eigenvalue weighted by Gasteiger charge is 2.54. The molecule has 0 unspecified atom stereocenters. The molecule has 0 aromatic rings. The van der Waals surface area contributed by atoms with E-state index in [9.17, 15) is 4.79 Å².